The van der Waals surface area contributed by atoms with Crippen molar-refractivity contribution in [1.82, 2.24) is 0 Å². The monoisotopic (exact) mass is 251 g/mol. The van der Waals surface area contributed by atoms with Gasteiger partial charge in [0.25, 0.3) is 0 Å². The van der Waals surface area contributed by atoms with Crippen molar-refractivity contribution in [3.63, 3.8) is 0 Å². The van der Waals surface area contributed by atoms with Gasteiger partial charge in [0, 0.05) is 11.5 Å². The number of aliphatic hydroxyl groups is 2. The normalized spacial score (nSPS) is 14.3. The van der Waals surface area contributed by atoms with Crippen LogP contribution in [0.4, 0.5) is 0 Å². The van der Waals surface area contributed by atoms with Gasteiger partial charge in [-0.1, -0.05) is 38.1 Å². The van der Waals surface area contributed by atoms with Crippen molar-refractivity contribution >= 4 is 11.7 Å². The van der Waals surface area contributed by atoms with Gasteiger partial charge in [-0.2, -0.15) is 0 Å². The van der Waals surface area contributed by atoms with Gasteiger partial charge < -0.3 is 15.9 Å². The van der Waals surface area contributed by atoms with Gasteiger partial charge in [-0.15, -0.1) is 0 Å². The van der Waals surface area contributed by atoms with E-state index in [1.165, 1.54) is 12.1 Å². The fourth-order valence-electron chi connectivity index (χ4n) is 1.52. The zero-order valence-electron chi connectivity index (χ0n) is 10.3. The van der Waals surface area contributed by atoms with Crippen molar-refractivity contribution in [2.75, 3.05) is 0 Å². The number of hydrogen-bond donors (Lipinski definition) is 3. The van der Waals surface area contributed by atoms with E-state index in [0.717, 1.165) is 0 Å². The zero-order valence-corrected chi connectivity index (χ0v) is 10.3. The molecule has 98 valence electrons. The molecule has 5 heteroatoms. The average molecular weight is 251 g/mol. The molecule has 5 nitrogen and oxygen atoms in total. The van der Waals surface area contributed by atoms with Crippen LogP contribution in [0, 0.1) is 5.92 Å². The lowest BCUT2D eigenvalue weighted by Crippen LogP contribution is -2.33. The van der Waals surface area contributed by atoms with Crippen molar-refractivity contribution in [3.8, 4) is 0 Å². The van der Waals surface area contributed by atoms with Gasteiger partial charge >= 0.3 is 0 Å². The lowest BCUT2D eigenvalue weighted by molar-refractivity contribution is -0.131. The molecule has 1 amide bonds. The molecule has 0 heterocycles. The molecule has 0 aromatic heterocycles. The van der Waals surface area contributed by atoms with E-state index in [9.17, 15) is 19.8 Å². The zero-order chi connectivity index (χ0) is 13.9. The Morgan fingerprint density at radius 2 is 1.61 bits per heavy atom. The summed E-state index contributed by atoms with van der Waals surface area (Å²) in [6.07, 6.45) is -3.04. The molecule has 4 N–H and O–H groups in total. The van der Waals surface area contributed by atoms with Crippen LogP contribution in [0.2, 0.25) is 0 Å². The number of Topliss-reactive ketones (excluding diaryl/α,β-unsaturated/α-hetero) is 1. The number of primary amides is 1. The molecule has 0 radical (unpaired) electrons. The molecule has 0 aliphatic rings. The van der Waals surface area contributed by atoms with Gasteiger partial charge in [-0.3, -0.25) is 9.59 Å². The van der Waals surface area contributed by atoms with Gasteiger partial charge in [-0.25, -0.2) is 0 Å². The smallest absolute Gasteiger partial charge is 0.249 e. The molecular formula is C13H17NO4. The first-order valence-electron chi connectivity index (χ1n) is 5.64. The van der Waals surface area contributed by atoms with Crippen LogP contribution in [0.3, 0.4) is 0 Å². The first-order chi connectivity index (χ1) is 8.34. The molecule has 1 aromatic carbocycles. The maximum absolute atomic E-state index is 11.7. The second-order valence-corrected chi connectivity index (χ2v) is 4.43. The van der Waals surface area contributed by atoms with E-state index in [1.54, 1.807) is 26.0 Å². The molecule has 0 bridgehead atoms. The Morgan fingerprint density at radius 3 is 2.00 bits per heavy atom. The number of ketones is 1. The minimum absolute atomic E-state index is 0.00788. The second kappa shape index (κ2) is 5.75. The minimum Gasteiger partial charge on any atom is -0.385 e. The molecule has 0 saturated carbocycles. The predicted molar refractivity (Wildman–Crippen MR) is 65.8 cm³/mol. The van der Waals surface area contributed by atoms with Crippen LogP contribution >= 0.6 is 0 Å². The molecule has 18 heavy (non-hydrogen) atoms. The van der Waals surface area contributed by atoms with E-state index < -0.39 is 18.1 Å². The maximum Gasteiger partial charge on any atom is 0.249 e. The minimum atomic E-state index is -1.66. The number of carbonyl (C=O) groups is 2. The highest BCUT2D eigenvalue weighted by Crippen LogP contribution is 2.18. The van der Waals surface area contributed by atoms with E-state index in [0.29, 0.717) is 11.1 Å². The van der Waals surface area contributed by atoms with Crippen LogP contribution < -0.4 is 5.73 Å². The van der Waals surface area contributed by atoms with Crippen molar-refractivity contribution in [2.45, 2.75) is 26.1 Å². The Balaban J connectivity index is 2.89. The third-order valence-electron chi connectivity index (χ3n) is 2.65. The van der Waals surface area contributed by atoms with Crippen molar-refractivity contribution in [2.24, 2.45) is 11.7 Å². The largest absolute Gasteiger partial charge is 0.385 e. The number of aliphatic hydroxyl groups excluding tert-OH is 2. The van der Waals surface area contributed by atoms with Gasteiger partial charge in [0.15, 0.2) is 11.9 Å². The van der Waals surface area contributed by atoms with Crippen LogP contribution in [0.15, 0.2) is 24.3 Å². The van der Waals surface area contributed by atoms with E-state index in [-0.39, 0.29) is 11.7 Å². The average Bonchev–Trinajstić information content (AvgIpc) is 2.36. The Bertz CT molecular complexity index is 439. The number of hydrogen-bond acceptors (Lipinski definition) is 4. The van der Waals surface area contributed by atoms with E-state index in [1.807, 2.05) is 0 Å². The molecule has 0 saturated heterocycles. The summed E-state index contributed by atoms with van der Waals surface area (Å²) < 4.78 is 0. The first kappa shape index (κ1) is 14.3. The lowest BCUT2D eigenvalue weighted by Gasteiger charge is -2.15. The fraction of sp³-hybridized carbons (Fsp3) is 0.385. The Morgan fingerprint density at radius 1 is 1.11 bits per heavy atom. The molecule has 1 rings (SSSR count). The fourth-order valence-corrected chi connectivity index (χ4v) is 1.52. The molecule has 0 aliphatic heterocycles. The second-order valence-electron chi connectivity index (χ2n) is 4.43. The van der Waals surface area contributed by atoms with Crippen LogP contribution in [0.1, 0.15) is 35.9 Å². The Labute approximate surface area is 105 Å². The van der Waals surface area contributed by atoms with Crippen LogP contribution in [0.25, 0.3) is 0 Å². The summed E-state index contributed by atoms with van der Waals surface area (Å²) in [5, 5.41) is 19.0. The molecule has 1 aromatic rings. The summed E-state index contributed by atoms with van der Waals surface area (Å²) in [7, 11) is 0. The SMILES string of the molecule is CC(C)C(=O)c1ccc(C(O)C(O)C(N)=O)cc1. The lowest BCUT2D eigenvalue weighted by atomic mass is 9.97. The third-order valence-corrected chi connectivity index (χ3v) is 2.65. The summed E-state index contributed by atoms with van der Waals surface area (Å²) in [5.74, 6) is -1.12. The molecule has 2 unspecified atom stereocenters. The van der Waals surface area contributed by atoms with E-state index in [2.05, 4.69) is 0 Å². The van der Waals surface area contributed by atoms with Crippen molar-refractivity contribution in [3.05, 3.63) is 35.4 Å². The molecule has 2 atom stereocenters. The highest BCUT2D eigenvalue weighted by molar-refractivity contribution is 5.97. The molecule has 0 spiro atoms. The Kier molecular flexibility index (Phi) is 4.58. The number of amides is 1. The number of benzene rings is 1. The van der Waals surface area contributed by atoms with Gasteiger partial charge in [0.05, 0.1) is 0 Å². The number of rotatable bonds is 5. The quantitative estimate of drug-likeness (QED) is 0.659. The first-order valence-corrected chi connectivity index (χ1v) is 5.64. The molecule has 0 aliphatic carbocycles. The number of nitrogens with two attached hydrogens (primary N) is 1. The summed E-state index contributed by atoms with van der Waals surface area (Å²) in [6, 6.07) is 6.09. The molecular weight excluding hydrogens is 234 g/mol. The van der Waals surface area contributed by atoms with E-state index in [4.69, 9.17) is 5.73 Å². The third kappa shape index (κ3) is 3.15. The van der Waals surface area contributed by atoms with Gasteiger partial charge in [0.2, 0.25) is 5.91 Å². The topological polar surface area (TPSA) is 101 Å². The van der Waals surface area contributed by atoms with Crippen molar-refractivity contribution < 1.29 is 19.8 Å². The summed E-state index contributed by atoms with van der Waals surface area (Å²) in [5.41, 5.74) is 5.75. The highest BCUT2D eigenvalue weighted by Gasteiger charge is 2.23. The van der Waals surface area contributed by atoms with Crippen LogP contribution in [-0.2, 0) is 4.79 Å². The van der Waals surface area contributed by atoms with Gasteiger partial charge in [-0.05, 0) is 5.56 Å². The number of carbonyl (C=O) groups excluding carboxylic acids is 2. The summed E-state index contributed by atoms with van der Waals surface area (Å²) >= 11 is 0. The highest BCUT2D eigenvalue weighted by atomic mass is 16.3. The van der Waals surface area contributed by atoms with Crippen molar-refractivity contribution in [1.29, 1.82) is 0 Å². The summed E-state index contributed by atoms with van der Waals surface area (Å²) in [6.45, 7) is 3.59. The summed E-state index contributed by atoms with van der Waals surface area (Å²) in [4.78, 5) is 22.4. The Hall–Kier alpha value is -1.72. The van der Waals surface area contributed by atoms with Gasteiger partial charge in [0.1, 0.15) is 6.10 Å². The maximum atomic E-state index is 11.7. The predicted octanol–water partition coefficient (Wildman–Crippen LogP) is 0.405. The van der Waals surface area contributed by atoms with Crippen LogP contribution in [0.5, 0.6) is 0 Å². The molecule has 0 fully saturated rings. The standard InChI is InChI=1S/C13H17NO4/c1-7(2)10(15)8-3-5-9(6-4-8)11(16)12(17)13(14)18/h3-7,11-12,16-17H,1-2H3,(H2,14,18). The van der Waals surface area contributed by atoms with Crippen LogP contribution in [-0.4, -0.2) is 28.0 Å². The van der Waals surface area contributed by atoms with E-state index >= 15 is 0 Å².